The molecule has 0 radical (unpaired) electrons. The van der Waals surface area contributed by atoms with Crippen molar-refractivity contribution in [1.29, 1.82) is 0 Å². The SMILES string of the molecule is O=C(O)c1ccc2oc3cc(C(=O)C(F)(F)F)ccc3c(=O)c2c1. The number of ketones is 1. The van der Waals surface area contributed by atoms with Crippen LogP contribution in [0.1, 0.15) is 20.7 Å². The van der Waals surface area contributed by atoms with Gasteiger partial charge >= 0.3 is 12.1 Å². The summed E-state index contributed by atoms with van der Waals surface area (Å²) >= 11 is 0. The van der Waals surface area contributed by atoms with Gasteiger partial charge in [-0.25, -0.2) is 4.79 Å². The van der Waals surface area contributed by atoms with Crippen molar-refractivity contribution in [3.05, 3.63) is 57.7 Å². The third-order valence-electron chi connectivity index (χ3n) is 3.44. The largest absolute Gasteiger partial charge is 0.478 e. The molecule has 0 spiro atoms. The number of carboxylic acids is 1. The number of carboxylic acid groups (broad SMARTS) is 1. The van der Waals surface area contributed by atoms with Gasteiger partial charge in [-0.05, 0) is 30.3 Å². The van der Waals surface area contributed by atoms with Crippen LogP contribution < -0.4 is 5.43 Å². The van der Waals surface area contributed by atoms with E-state index in [1.165, 1.54) is 12.1 Å². The third-order valence-corrected chi connectivity index (χ3v) is 3.44. The first-order valence-corrected chi connectivity index (χ1v) is 6.54. The molecule has 3 aromatic rings. The zero-order valence-corrected chi connectivity index (χ0v) is 11.7. The molecule has 0 bridgehead atoms. The monoisotopic (exact) mass is 336 g/mol. The predicted octanol–water partition coefficient (Wildman–Crippen LogP) is 3.39. The summed E-state index contributed by atoms with van der Waals surface area (Å²) in [6, 6.07) is 6.33. The van der Waals surface area contributed by atoms with E-state index >= 15 is 0 Å². The van der Waals surface area contributed by atoms with Gasteiger partial charge < -0.3 is 9.52 Å². The number of carbonyl (C=O) groups excluding carboxylic acids is 1. The molecule has 1 N–H and O–H groups in total. The Hall–Kier alpha value is -3.16. The molecule has 0 saturated carbocycles. The fourth-order valence-electron chi connectivity index (χ4n) is 2.29. The number of hydrogen-bond donors (Lipinski definition) is 1. The van der Waals surface area contributed by atoms with Crippen LogP contribution in [0.5, 0.6) is 0 Å². The molecule has 0 unspecified atom stereocenters. The smallest absolute Gasteiger partial charge is 0.454 e. The summed E-state index contributed by atoms with van der Waals surface area (Å²) in [5, 5.41) is 8.88. The molecule has 0 aliphatic carbocycles. The summed E-state index contributed by atoms with van der Waals surface area (Å²) in [5.74, 6) is -3.28. The van der Waals surface area contributed by atoms with Crippen LogP contribution in [0.3, 0.4) is 0 Å². The van der Waals surface area contributed by atoms with E-state index in [2.05, 4.69) is 0 Å². The van der Waals surface area contributed by atoms with Crippen molar-refractivity contribution in [3.8, 4) is 0 Å². The Morgan fingerprint density at radius 1 is 0.917 bits per heavy atom. The maximum atomic E-state index is 12.5. The summed E-state index contributed by atoms with van der Waals surface area (Å²) in [7, 11) is 0. The minimum absolute atomic E-state index is 0.00843. The van der Waals surface area contributed by atoms with Crippen molar-refractivity contribution in [3.63, 3.8) is 0 Å². The standard InChI is InChI=1S/C16H7F3O5/c17-16(18,19)14(21)7-1-3-9-12(6-7)24-11-4-2-8(15(22)23)5-10(11)13(9)20/h1-6H,(H,22,23). The maximum Gasteiger partial charge on any atom is 0.454 e. The van der Waals surface area contributed by atoms with Crippen molar-refractivity contribution in [2.75, 3.05) is 0 Å². The molecule has 3 rings (SSSR count). The highest BCUT2D eigenvalue weighted by molar-refractivity contribution is 6.03. The van der Waals surface area contributed by atoms with E-state index in [0.717, 1.165) is 24.3 Å². The number of halogens is 3. The van der Waals surface area contributed by atoms with Gasteiger partial charge in [0.1, 0.15) is 11.2 Å². The van der Waals surface area contributed by atoms with Crippen molar-refractivity contribution >= 4 is 33.7 Å². The Morgan fingerprint density at radius 3 is 2.21 bits per heavy atom. The fourth-order valence-corrected chi connectivity index (χ4v) is 2.29. The minimum Gasteiger partial charge on any atom is -0.478 e. The molecular formula is C16H7F3O5. The average Bonchev–Trinajstić information content (AvgIpc) is 2.52. The third kappa shape index (κ3) is 2.51. The van der Waals surface area contributed by atoms with E-state index in [-0.39, 0.29) is 27.5 Å². The van der Waals surface area contributed by atoms with Gasteiger partial charge in [0.2, 0.25) is 5.43 Å². The first-order chi connectivity index (χ1) is 11.2. The van der Waals surface area contributed by atoms with Crippen LogP contribution in [0.25, 0.3) is 21.9 Å². The van der Waals surface area contributed by atoms with Gasteiger partial charge in [0.25, 0.3) is 5.78 Å². The highest BCUT2D eigenvalue weighted by Crippen LogP contribution is 2.25. The Balaban J connectivity index is 2.28. The van der Waals surface area contributed by atoms with Gasteiger partial charge in [-0.3, -0.25) is 9.59 Å². The molecule has 0 fully saturated rings. The lowest BCUT2D eigenvalue weighted by Crippen LogP contribution is -2.22. The topological polar surface area (TPSA) is 84.6 Å². The molecule has 122 valence electrons. The lowest BCUT2D eigenvalue weighted by atomic mass is 10.1. The zero-order chi connectivity index (χ0) is 17.6. The second kappa shape index (κ2) is 5.19. The second-order valence-electron chi connectivity index (χ2n) is 4.99. The molecular weight excluding hydrogens is 329 g/mol. The number of carbonyl (C=O) groups is 2. The van der Waals surface area contributed by atoms with E-state index in [4.69, 9.17) is 9.52 Å². The normalized spacial score (nSPS) is 11.8. The summed E-state index contributed by atoms with van der Waals surface area (Å²) in [6.45, 7) is 0. The molecule has 8 heteroatoms. The summed E-state index contributed by atoms with van der Waals surface area (Å²) in [5.41, 5.74) is -1.56. The van der Waals surface area contributed by atoms with Crippen LogP contribution in [0, 0.1) is 0 Å². The van der Waals surface area contributed by atoms with Crippen molar-refractivity contribution in [2.45, 2.75) is 6.18 Å². The van der Waals surface area contributed by atoms with E-state index in [0.29, 0.717) is 0 Å². The minimum atomic E-state index is -5.04. The molecule has 1 aromatic heterocycles. The van der Waals surface area contributed by atoms with E-state index in [1.54, 1.807) is 0 Å². The Labute approximate surface area is 130 Å². The zero-order valence-electron chi connectivity index (χ0n) is 11.7. The molecule has 2 aromatic carbocycles. The summed E-state index contributed by atoms with van der Waals surface area (Å²) in [6.07, 6.45) is -5.04. The molecule has 24 heavy (non-hydrogen) atoms. The molecule has 0 aliphatic rings. The molecule has 5 nitrogen and oxygen atoms in total. The number of fused-ring (bicyclic) bond motifs is 2. The molecule has 0 amide bonds. The first-order valence-electron chi connectivity index (χ1n) is 6.54. The molecule has 0 atom stereocenters. The van der Waals surface area contributed by atoms with E-state index in [1.807, 2.05) is 0 Å². The van der Waals surface area contributed by atoms with Gasteiger partial charge in [0, 0.05) is 5.56 Å². The molecule has 0 aliphatic heterocycles. The van der Waals surface area contributed by atoms with Crippen molar-refractivity contribution in [1.82, 2.24) is 0 Å². The van der Waals surface area contributed by atoms with Crippen molar-refractivity contribution in [2.24, 2.45) is 0 Å². The van der Waals surface area contributed by atoms with Gasteiger partial charge in [-0.1, -0.05) is 6.07 Å². The number of rotatable bonds is 2. The summed E-state index contributed by atoms with van der Waals surface area (Å²) < 4.78 is 42.8. The number of benzene rings is 2. The quantitative estimate of drug-likeness (QED) is 0.573. The van der Waals surface area contributed by atoms with Gasteiger partial charge in [-0.15, -0.1) is 0 Å². The fraction of sp³-hybridized carbons (Fsp3) is 0.0625. The molecule has 0 saturated heterocycles. The Morgan fingerprint density at radius 2 is 1.58 bits per heavy atom. The van der Waals surface area contributed by atoms with Crippen LogP contribution in [0.15, 0.2) is 45.6 Å². The average molecular weight is 336 g/mol. The second-order valence-corrected chi connectivity index (χ2v) is 4.99. The van der Waals surface area contributed by atoms with Crippen LogP contribution >= 0.6 is 0 Å². The lowest BCUT2D eigenvalue weighted by Gasteiger charge is -2.07. The maximum absolute atomic E-state index is 12.5. The van der Waals surface area contributed by atoms with Crippen molar-refractivity contribution < 1.29 is 32.3 Å². The predicted molar refractivity (Wildman–Crippen MR) is 77.3 cm³/mol. The number of Topliss-reactive ketones (excluding diaryl/α,β-unsaturated/α-hetero) is 1. The van der Waals surface area contributed by atoms with Crippen LogP contribution in [0.2, 0.25) is 0 Å². The van der Waals surface area contributed by atoms with Crippen LogP contribution in [-0.4, -0.2) is 23.0 Å². The first kappa shape index (κ1) is 15.7. The van der Waals surface area contributed by atoms with E-state index < -0.39 is 28.9 Å². The van der Waals surface area contributed by atoms with Crippen LogP contribution in [0.4, 0.5) is 13.2 Å². The van der Waals surface area contributed by atoms with Gasteiger partial charge in [0.15, 0.2) is 0 Å². The van der Waals surface area contributed by atoms with Crippen LogP contribution in [-0.2, 0) is 0 Å². The number of hydrogen-bond acceptors (Lipinski definition) is 4. The number of aromatic carboxylic acids is 1. The highest BCUT2D eigenvalue weighted by atomic mass is 19.4. The highest BCUT2D eigenvalue weighted by Gasteiger charge is 2.39. The Bertz CT molecular complexity index is 1060. The lowest BCUT2D eigenvalue weighted by molar-refractivity contribution is -0.0885. The Kier molecular flexibility index (Phi) is 3.40. The number of alkyl halides is 3. The molecule has 1 heterocycles. The summed E-state index contributed by atoms with van der Waals surface area (Å²) in [4.78, 5) is 34.6. The van der Waals surface area contributed by atoms with E-state index in [9.17, 15) is 27.6 Å². The van der Waals surface area contributed by atoms with Gasteiger partial charge in [-0.2, -0.15) is 13.2 Å². The van der Waals surface area contributed by atoms with Gasteiger partial charge in [0.05, 0.1) is 16.3 Å².